The number of nitrogens with one attached hydrogen (secondary N) is 2. The van der Waals surface area contributed by atoms with Gasteiger partial charge in [0.15, 0.2) is 0 Å². The van der Waals surface area contributed by atoms with Gasteiger partial charge in [-0.25, -0.2) is 4.98 Å². The van der Waals surface area contributed by atoms with Crippen molar-refractivity contribution in [2.45, 2.75) is 44.1 Å². The molecule has 3 rings (SSSR count). The van der Waals surface area contributed by atoms with E-state index < -0.39 is 18.1 Å². The highest BCUT2D eigenvalue weighted by Gasteiger charge is 2.33. The smallest absolute Gasteiger partial charge is 0.378 e. The third kappa shape index (κ3) is 4.83. The molecule has 5 nitrogen and oxygen atoms in total. The lowest BCUT2D eigenvalue weighted by atomic mass is 9.93. The third-order valence-corrected chi connectivity index (χ3v) is 5.09. The van der Waals surface area contributed by atoms with E-state index in [1.807, 2.05) is 4.90 Å². The first-order valence-electron chi connectivity index (χ1n) is 8.86. The van der Waals surface area contributed by atoms with E-state index in [9.17, 15) is 18.3 Å². The van der Waals surface area contributed by atoms with Gasteiger partial charge < -0.3 is 15.3 Å². The van der Waals surface area contributed by atoms with E-state index in [1.54, 1.807) is 0 Å². The van der Waals surface area contributed by atoms with Gasteiger partial charge in [0.1, 0.15) is 11.9 Å². The van der Waals surface area contributed by atoms with Gasteiger partial charge in [-0.2, -0.15) is 13.2 Å². The summed E-state index contributed by atoms with van der Waals surface area (Å²) in [6.45, 7) is 2.85. The summed E-state index contributed by atoms with van der Waals surface area (Å²) in [4.78, 5) is 5.47. The molecule has 0 aromatic carbocycles. The first kappa shape index (κ1) is 18.4. The monoisotopic (exact) mass is 358 g/mol. The lowest BCUT2D eigenvalue weighted by Crippen LogP contribution is -2.44. The highest BCUT2D eigenvalue weighted by molar-refractivity contribution is 5.45. The summed E-state index contributed by atoms with van der Waals surface area (Å²) >= 11 is 0. The molecule has 0 bridgehead atoms. The average Bonchev–Trinajstić information content (AvgIpc) is 3.02. The molecule has 2 heterocycles. The van der Waals surface area contributed by atoms with Crippen LogP contribution in [0.15, 0.2) is 18.3 Å². The van der Waals surface area contributed by atoms with E-state index in [-0.39, 0.29) is 5.92 Å². The van der Waals surface area contributed by atoms with Crippen molar-refractivity contribution in [3.63, 3.8) is 0 Å². The predicted molar refractivity (Wildman–Crippen MR) is 89.2 cm³/mol. The maximum Gasteiger partial charge on any atom is 0.433 e. The number of hydrogen-bond acceptors (Lipinski definition) is 5. The molecule has 1 aliphatic heterocycles. The van der Waals surface area contributed by atoms with Crippen LogP contribution in [-0.4, -0.2) is 48.5 Å². The molecule has 1 saturated carbocycles. The molecule has 1 unspecified atom stereocenters. The number of aliphatic hydroxyl groups is 1. The number of aromatic nitrogens is 1. The quantitative estimate of drug-likeness (QED) is 0.514. The summed E-state index contributed by atoms with van der Waals surface area (Å²) in [5.74, 6) is 0.0611. The van der Waals surface area contributed by atoms with Crippen molar-refractivity contribution in [2.75, 3.05) is 31.1 Å². The highest BCUT2D eigenvalue weighted by Crippen LogP contribution is 2.30. The van der Waals surface area contributed by atoms with Crippen LogP contribution in [0.25, 0.3) is 0 Å². The second-order valence-electron chi connectivity index (χ2n) is 6.88. The fraction of sp³-hybridized carbons (Fsp3) is 0.706. The minimum Gasteiger partial charge on any atom is -0.378 e. The van der Waals surface area contributed by atoms with Crippen LogP contribution in [0.3, 0.4) is 0 Å². The molecule has 1 saturated heterocycles. The third-order valence-electron chi connectivity index (χ3n) is 5.09. The Labute approximate surface area is 145 Å². The lowest BCUT2D eigenvalue weighted by Gasteiger charge is -2.27. The number of alkyl halides is 3. The molecule has 1 aromatic heterocycles. The van der Waals surface area contributed by atoms with Crippen LogP contribution >= 0.6 is 0 Å². The van der Waals surface area contributed by atoms with Crippen LogP contribution in [-0.2, 0) is 6.18 Å². The number of anilines is 1. The number of rotatable bonds is 7. The maximum atomic E-state index is 12.6. The van der Waals surface area contributed by atoms with Gasteiger partial charge in [0.2, 0.25) is 0 Å². The van der Waals surface area contributed by atoms with Crippen LogP contribution in [0.2, 0.25) is 0 Å². The zero-order valence-electron chi connectivity index (χ0n) is 14.1. The Morgan fingerprint density at radius 1 is 1.24 bits per heavy atom. The lowest BCUT2D eigenvalue weighted by molar-refractivity contribution is -0.141. The van der Waals surface area contributed by atoms with Gasteiger partial charge in [0.05, 0.1) is 11.9 Å². The van der Waals surface area contributed by atoms with Crippen molar-refractivity contribution in [2.24, 2.45) is 5.92 Å². The largest absolute Gasteiger partial charge is 0.433 e. The van der Waals surface area contributed by atoms with E-state index in [4.69, 9.17) is 0 Å². The van der Waals surface area contributed by atoms with Crippen LogP contribution in [0.4, 0.5) is 18.9 Å². The van der Waals surface area contributed by atoms with E-state index in [0.29, 0.717) is 31.4 Å². The van der Waals surface area contributed by atoms with Gasteiger partial charge in [-0.15, -0.1) is 0 Å². The molecule has 140 valence electrons. The zero-order valence-corrected chi connectivity index (χ0v) is 14.1. The van der Waals surface area contributed by atoms with Crippen molar-refractivity contribution < 1.29 is 18.3 Å². The zero-order chi connectivity index (χ0) is 17.9. The fourth-order valence-corrected chi connectivity index (χ4v) is 3.30. The average molecular weight is 358 g/mol. The number of nitrogens with zero attached hydrogens (tertiary/aromatic N) is 2. The summed E-state index contributed by atoms with van der Waals surface area (Å²) < 4.78 is 37.7. The Morgan fingerprint density at radius 2 is 2.04 bits per heavy atom. The molecule has 0 spiro atoms. The van der Waals surface area contributed by atoms with Gasteiger partial charge in [-0.05, 0) is 31.4 Å². The molecule has 2 aliphatic rings. The van der Waals surface area contributed by atoms with Gasteiger partial charge in [-0.1, -0.05) is 6.42 Å². The molecule has 0 radical (unpaired) electrons. The van der Waals surface area contributed by atoms with Crippen LogP contribution in [0, 0.1) is 5.92 Å². The van der Waals surface area contributed by atoms with E-state index >= 15 is 0 Å². The normalized spacial score (nSPS) is 22.9. The SMILES string of the molecule is OC(NCCNC1CCC1)[C@H]1CCN(c2ccc(C(F)(F)F)nc2)C1. The molecule has 1 aliphatic carbocycles. The Kier molecular flexibility index (Phi) is 5.81. The summed E-state index contributed by atoms with van der Waals surface area (Å²) in [6.07, 6.45) is 0.807. The Bertz CT molecular complexity index is 548. The minimum atomic E-state index is -4.42. The molecule has 8 heteroatoms. The van der Waals surface area contributed by atoms with Crippen molar-refractivity contribution in [3.8, 4) is 0 Å². The number of hydrogen-bond donors (Lipinski definition) is 3. The van der Waals surface area contributed by atoms with Crippen LogP contribution in [0.5, 0.6) is 0 Å². The maximum absolute atomic E-state index is 12.6. The Hall–Kier alpha value is -1.38. The molecule has 3 N–H and O–H groups in total. The molecular formula is C17H25F3N4O. The molecule has 0 amide bonds. The van der Waals surface area contributed by atoms with Crippen LogP contribution in [0.1, 0.15) is 31.4 Å². The Balaban J connectivity index is 1.42. The molecule has 2 atom stereocenters. The second kappa shape index (κ2) is 7.88. The first-order valence-corrected chi connectivity index (χ1v) is 8.86. The fourth-order valence-electron chi connectivity index (χ4n) is 3.30. The molecule has 2 fully saturated rings. The van der Waals surface area contributed by atoms with Gasteiger partial charge in [0, 0.05) is 38.1 Å². The number of pyridine rings is 1. The van der Waals surface area contributed by atoms with Crippen molar-refractivity contribution >= 4 is 5.69 Å². The van der Waals surface area contributed by atoms with Crippen molar-refractivity contribution in [3.05, 3.63) is 24.0 Å². The molecule has 25 heavy (non-hydrogen) atoms. The van der Waals surface area contributed by atoms with Gasteiger partial charge in [-0.3, -0.25) is 5.32 Å². The summed E-state index contributed by atoms with van der Waals surface area (Å²) in [5.41, 5.74) is -0.220. The van der Waals surface area contributed by atoms with Crippen molar-refractivity contribution in [1.29, 1.82) is 0 Å². The Morgan fingerprint density at radius 3 is 2.64 bits per heavy atom. The van der Waals surface area contributed by atoms with Crippen molar-refractivity contribution in [1.82, 2.24) is 15.6 Å². The molecular weight excluding hydrogens is 333 g/mol. The number of aliphatic hydroxyl groups excluding tert-OH is 1. The predicted octanol–water partition coefficient (Wildman–Crippen LogP) is 1.98. The highest BCUT2D eigenvalue weighted by atomic mass is 19.4. The second-order valence-corrected chi connectivity index (χ2v) is 6.88. The summed E-state index contributed by atoms with van der Waals surface area (Å²) in [6, 6.07) is 3.08. The minimum absolute atomic E-state index is 0.0611. The standard InChI is InChI=1S/C17H25F3N4O/c18-17(19,20)15-5-4-14(10-23-15)24-9-6-12(11-24)16(25)22-8-7-21-13-2-1-3-13/h4-5,10,12-13,16,21-22,25H,1-3,6-9,11H2/t12-,16?/m0/s1. The molecule has 1 aromatic rings. The van der Waals surface area contributed by atoms with Crippen LogP contribution < -0.4 is 15.5 Å². The summed E-state index contributed by atoms with van der Waals surface area (Å²) in [5, 5.41) is 16.8. The summed E-state index contributed by atoms with van der Waals surface area (Å²) in [7, 11) is 0. The topological polar surface area (TPSA) is 60.4 Å². The first-order chi connectivity index (χ1) is 11.9. The van der Waals surface area contributed by atoms with E-state index in [0.717, 1.165) is 19.0 Å². The van der Waals surface area contributed by atoms with Gasteiger partial charge >= 0.3 is 6.18 Å². The van der Waals surface area contributed by atoms with E-state index in [1.165, 1.54) is 31.5 Å². The van der Waals surface area contributed by atoms with E-state index in [2.05, 4.69) is 15.6 Å². The van der Waals surface area contributed by atoms with Gasteiger partial charge in [0.25, 0.3) is 0 Å². The number of halogens is 3.